The van der Waals surface area contributed by atoms with Crippen molar-refractivity contribution >= 4 is 33.3 Å². The minimum atomic E-state index is -4.28. The summed E-state index contributed by atoms with van der Waals surface area (Å²) in [5, 5.41) is 15.0. The third-order valence-corrected chi connectivity index (χ3v) is 4.70. The number of benzene rings is 1. The van der Waals surface area contributed by atoms with Gasteiger partial charge >= 0.3 is 6.03 Å². The zero-order valence-corrected chi connectivity index (χ0v) is 13.1. The third kappa shape index (κ3) is 3.27. The number of amides is 2. The van der Waals surface area contributed by atoms with E-state index in [1.807, 2.05) is 0 Å². The third-order valence-electron chi connectivity index (χ3n) is 3.29. The van der Waals surface area contributed by atoms with Crippen LogP contribution in [0, 0.1) is 0 Å². The minimum Gasteiger partial charge on any atom is -0.504 e. The van der Waals surface area contributed by atoms with Gasteiger partial charge in [-0.3, -0.25) is 4.90 Å². The van der Waals surface area contributed by atoms with Crippen molar-refractivity contribution in [2.24, 2.45) is 10.9 Å². The topological polar surface area (TPSA) is 136 Å². The normalized spacial score (nSPS) is 18.9. The second-order valence-electron chi connectivity index (χ2n) is 4.82. The molecule has 1 saturated heterocycles. The average molecular weight is 350 g/mol. The van der Waals surface area contributed by atoms with Crippen LogP contribution >= 0.6 is 11.6 Å². The van der Waals surface area contributed by atoms with E-state index in [4.69, 9.17) is 27.2 Å². The monoisotopic (exact) mass is 349 g/mol. The Kier molecular flexibility index (Phi) is 4.81. The molecule has 1 aliphatic rings. The number of aromatic hydroxyl groups is 1. The van der Waals surface area contributed by atoms with Crippen molar-refractivity contribution in [3.63, 3.8) is 0 Å². The molecule has 0 aliphatic carbocycles. The summed E-state index contributed by atoms with van der Waals surface area (Å²) in [4.78, 5) is 12.1. The predicted molar refractivity (Wildman–Crippen MR) is 80.1 cm³/mol. The number of carbonyl (C=O) groups excluding carboxylic acids is 1. The molecule has 0 radical (unpaired) electrons. The largest absolute Gasteiger partial charge is 0.504 e. The van der Waals surface area contributed by atoms with Gasteiger partial charge < -0.3 is 15.6 Å². The van der Waals surface area contributed by atoms with Gasteiger partial charge in [-0.15, -0.1) is 0 Å². The number of sulfonamides is 1. The Hall–Kier alpha value is -1.55. The van der Waals surface area contributed by atoms with Crippen LogP contribution in [0.5, 0.6) is 5.75 Å². The van der Waals surface area contributed by atoms with Gasteiger partial charge in [0.1, 0.15) is 11.1 Å². The van der Waals surface area contributed by atoms with Crippen molar-refractivity contribution in [3.8, 4) is 5.75 Å². The van der Waals surface area contributed by atoms with Gasteiger partial charge in [-0.1, -0.05) is 11.6 Å². The van der Waals surface area contributed by atoms with Crippen LogP contribution in [0.3, 0.4) is 0 Å². The van der Waals surface area contributed by atoms with Gasteiger partial charge in [0, 0.05) is 6.61 Å². The highest BCUT2D eigenvalue weighted by Gasteiger charge is 2.31. The number of ether oxygens (including phenoxy) is 1. The first-order valence-electron chi connectivity index (χ1n) is 6.48. The Labute approximate surface area is 132 Å². The molecule has 5 N–H and O–H groups in total. The number of hydrogen-bond donors (Lipinski definition) is 3. The molecule has 1 heterocycles. The van der Waals surface area contributed by atoms with E-state index in [9.17, 15) is 18.3 Å². The molecule has 1 fully saturated rings. The number of phenols is 1. The number of hydrogen-bond acceptors (Lipinski definition) is 5. The average Bonchev–Trinajstić information content (AvgIpc) is 2.41. The number of nitrogens with zero attached hydrogens (tertiary/aromatic N) is 1. The van der Waals surface area contributed by atoms with Crippen molar-refractivity contribution in [2.75, 3.05) is 11.5 Å². The number of primary amides is 1. The summed E-state index contributed by atoms with van der Waals surface area (Å²) in [5.41, 5.74) is 5.23. The number of carbonyl (C=O) groups is 1. The fraction of sp³-hybridized carbons (Fsp3) is 0.417. The van der Waals surface area contributed by atoms with E-state index >= 15 is 0 Å². The Morgan fingerprint density at radius 3 is 2.59 bits per heavy atom. The molecule has 1 aliphatic heterocycles. The van der Waals surface area contributed by atoms with Crippen molar-refractivity contribution in [1.82, 2.24) is 0 Å². The zero-order valence-electron chi connectivity index (χ0n) is 11.5. The van der Waals surface area contributed by atoms with E-state index in [-0.39, 0.29) is 10.7 Å². The molecule has 0 bridgehead atoms. The molecule has 22 heavy (non-hydrogen) atoms. The van der Waals surface area contributed by atoms with Gasteiger partial charge in [-0.2, -0.15) is 0 Å². The highest BCUT2D eigenvalue weighted by Crippen LogP contribution is 2.39. The molecule has 0 saturated carbocycles. The van der Waals surface area contributed by atoms with Crippen LogP contribution in [0.25, 0.3) is 0 Å². The lowest BCUT2D eigenvalue weighted by Crippen LogP contribution is -2.46. The summed E-state index contributed by atoms with van der Waals surface area (Å²) in [6.07, 6.45) is 1.48. The lowest BCUT2D eigenvalue weighted by atomic mass is 10.1. The molecule has 0 aromatic heterocycles. The molecule has 10 heteroatoms. The Morgan fingerprint density at radius 1 is 1.41 bits per heavy atom. The number of primary sulfonamides is 1. The van der Waals surface area contributed by atoms with Crippen LogP contribution in [-0.4, -0.2) is 32.4 Å². The minimum absolute atomic E-state index is 0.118. The lowest BCUT2D eigenvalue weighted by molar-refractivity contribution is 0.0192. The zero-order chi connectivity index (χ0) is 16.5. The maximum Gasteiger partial charge on any atom is 0.321 e. The predicted octanol–water partition coefficient (Wildman–Crippen LogP) is 1.10. The van der Waals surface area contributed by atoms with Crippen molar-refractivity contribution in [1.29, 1.82) is 0 Å². The fourth-order valence-corrected chi connectivity index (χ4v) is 3.53. The summed E-state index contributed by atoms with van der Waals surface area (Å²) in [6, 6.07) is 1.62. The molecule has 8 nitrogen and oxygen atoms in total. The molecule has 2 amide bonds. The number of halogens is 1. The summed E-state index contributed by atoms with van der Waals surface area (Å²) in [7, 11) is -4.28. The summed E-state index contributed by atoms with van der Waals surface area (Å²) < 4.78 is 28.6. The number of urea groups is 1. The SMILES string of the molecule is NC(=O)N(c1ccc(Cl)c(S(N)(=O)=O)c1O)C1CCCCO1. The molecule has 0 spiro atoms. The highest BCUT2D eigenvalue weighted by atomic mass is 35.5. The van der Waals surface area contributed by atoms with Crippen LogP contribution in [0.15, 0.2) is 17.0 Å². The van der Waals surface area contributed by atoms with Crippen LogP contribution in [0.4, 0.5) is 10.5 Å². The van der Waals surface area contributed by atoms with E-state index in [1.165, 1.54) is 12.1 Å². The Bertz CT molecular complexity index is 688. The second kappa shape index (κ2) is 6.29. The summed E-state index contributed by atoms with van der Waals surface area (Å²) in [6.45, 7) is 0.435. The van der Waals surface area contributed by atoms with E-state index in [0.29, 0.717) is 13.0 Å². The fourth-order valence-electron chi connectivity index (χ4n) is 2.34. The van der Waals surface area contributed by atoms with Crippen molar-refractivity contribution in [3.05, 3.63) is 17.2 Å². The molecular weight excluding hydrogens is 334 g/mol. The standard InChI is InChI=1S/C12H16ClN3O5S/c13-7-4-5-8(10(17)11(7)22(15,19)20)16(12(14)18)9-3-1-2-6-21-9/h4-5,9,17H,1-3,6H2,(H2,14,18)(H2,15,19,20). The van der Waals surface area contributed by atoms with E-state index in [0.717, 1.165) is 17.7 Å². The van der Waals surface area contributed by atoms with E-state index < -0.39 is 32.9 Å². The van der Waals surface area contributed by atoms with Gasteiger partial charge in [0.25, 0.3) is 0 Å². The van der Waals surface area contributed by atoms with Crippen LogP contribution in [-0.2, 0) is 14.8 Å². The molecule has 1 aromatic carbocycles. The molecule has 1 atom stereocenters. The number of anilines is 1. The summed E-state index contributed by atoms with van der Waals surface area (Å²) in [5.74, 6) is -0.733. The van der Waals surface area contributed by atoms with Crippen LogP contribution in [0.1, 0.15) is 19.3 Å². The Morgan fingerprint density at radius 2 is 2.09 bits per heavy atom. The lowest BCUT2D eigenvalue weighted by Gasteiger charge is -2.33. The van der Waals surface area contributed by atoms with Crippen molar-refractivity contribution in [2.45, 2.75) is 30.4 Å². The maximum atomic E-state index is 11.7. The molecular formula is C12H16ClN3O5S. The molecule has 1 aromatic rings. The van der Waals surface area contributed by atoms with Crippen molar-refractivity contribution < 1.29 is 23.1 Å². The first kappa shape index (κ1) is 16.8. The maximum absolute atomic E-state index is 11.7. The molecule has 122 valence electrons. The first-order valence-corrected chi connectivity index (χ1v) is 8.40. The van der Waals surface area contributed by atoms with Gasteiger partial charge in [0.05, 0.1) is 10.7 Å². The van der Waals surface area contributed by atoms with Gasteiger partial charge in [0.15, 0.2) is 5.75 Å². The molecule has 1 unspecified atom stereocenters. The van der Waals surface area contributed by atoms with Gasteiger partial charge in [0.2, 0.25) is 10.0 Å². The van der Waals surface area contributed by atoms with Crippen LogP contribution < -0.4 is 15.8 Å². The van der Waals surface area contributed by atoms with Gasteiger partial charge in [-0.05, 0) is 31.4 Å². The number of phenolic OH excluding ortho intramolecular Hbond substituents is 1. The number of nitrogens with two attached hydrogens (primary N) is 2. The Balaban J connectivity index is 2.56. The van der Waals surface area contributed by atoms with Gasteiger partial charge in [-0.25, -0.2) is 18.4 Å². The second-order valence-corrected chi connectivity index (χ2v) is 6.72. The van der Waals surface area contributed by atoms with E-state index in [2.05, 4.69) is 0 Å². The highest BCUT2D eigenvalue weighted by molar-refractivity contribution is 7.89. The molecule has 2 rings (SSSR count). The van der Waals surface area contributed by atoms with Crippen LogP contribution in [0.2, 0.25) is 5.02 Å². The van der Waals surface area contributed by atoms with E-state index in [1.54, 1.807) is 0 Å². The number of rotatable bonds is 3. The summed E-state index contributed by atoms with van der Waals surface area (Å²) >= 11 is 5.77. The first-order chi connectivity index (χ1) is 10.2. The smallest absolute Gasteiger partial charge is 0.321 e. The quantitative estimate of drug-likeness (QED) is 0.750.